The van der Waals surface area contributed by atoms with Crippen molar-refractivity contribution in [1.29, 1.82) is 0 Å². The van der Waals surface area contributed by atoms with E-state index in [1.54, 1.807) is 0 Å². The zero-order valence-corrected chi connectivity index (χ0v) is 11.2. The second-order valence-electron chi connectivity index (χ2n) is 6.87. The summed E-state index contributed by atoms with van der Waals surface area (Å²) in [5, 5.41) is 9.57. The molecule has 0 spiro atoms. The van der Waals surface area contributed by atoms with Crippen molar-refractivity contribution in [1.82, 2.24) is 0 Å². The normalized spacial score (nSPS) is 44.4. The molecule has 16 heavy (non-hydrogen) atoms. The number of aliphatic hydroxyl groups is 1. The molecule has 0 saturated heterocycles. The smallest absolute Gasteiger partial charge is 0.0462 e. The van der Waals surface area contributed by atoms with Crippen molar-refractivity contribution in [2.75, 3.05) is 6.61 Å². The van der Waals surface area contributed by atoms with E-state index in [2.05, 4.69) is 20.8 Å². The molecule has 1 N–H and O–H groups in total. The van der Waals surface area contributed by atoms with Gasteiger partial charge in [-0.1, -0.05) is 27.2 Å². The molecular weight excluding hydrogens is 196 g/mol. The van der Waals surface area contributed by atoms with Crippen molar-refractivity contribution >= 4 is 0 Å². The van der Waals surface area contributed by atoms with Crippen molar-refractivity contribution in [2.45, 2.75) is 59.3 Å². The molecule has 0 aliphatic heterocycles. The molecule has 0 aromatic heterocycles. The highest BCUT2D eigenvalue weighted by molar-refractivity contribution is 4.95. The maximum absolute atomic E-state index is 9.57. The summed E-state index contributed by atoms with van der Waals surface area (Å²) in [5.41, 5.74) is 0.553. The molecule has 1 heteroatoms. The first-order chi connectivity index (χ1) is 7.57. The van der Waals surface area contributed by atoms with Gasteiger partial charge in [0.2, 0.25) is 0 Å². The Morgan fingerprint density at radius 1 is 1.25 bits per heavy atom. The molecule has 2 saturated carbocycles. The molecule has 2 aliphatic carbocycles. The predicted octanol–water partition coefficient (Wildman–Crippen LogP) is 3.86. The molecule has 0 amide bonds. The maximum atomic E-state index is 9.57. The van der Waals surface area contributed by atoms with Gasteiger partial charge in [0.1, 0.15) is 0 Å². The van der Waals surface area contributed by atoms with Gasteiger partial charge in [-0.05, 0) is 61.2 Å². The predicted molar refractivity (Wildman–Crippen MR) is 68.2 cm³/mol. The molecule has 94 valence electrons. The molecule has 4 atom stereocenters. The zero-order chi connectivity index (χ0) is 11.8. The van der Waals surface area contributed by atoms with Crippen LogP contribution >= 0.6 is 0 Å². The molecule has 0 unspecified atom stereocenters. The van der Waals surface area contributed by atoms with Gasteiger partial charge in [0, 0.05) is 6.61 Å². The fourth-order valence-electron chi connectivity index (χ4n) is 4.29. The number of rotatable bonds is 2. The summed E-state index contributed by atoms with van der Waals surface area (Å²) in [6.07, 6.45) is 8.20. The van der Waals surface area contributed by atoms with E-state index in [4.69, 9.17) is 0 Å². The van der Waals surface area contributed by atoms with Crippen molar-refractivity contribution in [2.24, 2.45) is 29.1 Å². The minimum Gasteiger partial charge on any atom is -0.396 e. The van der Waals surface area contributed by atoms with E-state index in [0.29, 0.717) is 17.9 Å². The summed E-state index contributed by atoms with van der Waals surface area (Å²) in [6, 6.07) is 0. The third-order valence-electron chi connectivity index (χ3n) is 5.61. The van der Waals surface area contributed by atoms with Gasteiger partial charge in [-0.25, -0.2) is 0 Å². The summed E-state index contributed by atoms with van der Waals surface area (Å²) < 4.78 is 0. The largest absolute Gasteiger partial charge is 0.396 e. The lowest BCUT2D eigenvalue weighted by Crippen LogP contribution is -2.43. The maximum Gasteiger partial charge on any atom is 0.0462 e. The number of fused-ring (bicyclic) bond motifs is 1. The monoisotopic (exact) mass is 224 g/mol. The quantitative estimate of drug-likeness (QED) is 0.755. The highest BCUT2D eigenvalue weighted by Crippen LogP contribution is 2.54. The molecule has 0 aromatic rings. The van der Waals surface area contributed by atoms with Crippen LogP contribution in [0.4, 0.5) is 0 Å². The van der Waals surface area contributed by atoms with Crippen LogP contribution in [0, 0.1) is 29.1 Å². The van der Waals surface area contributed by atoms with E-state index >= 15 is 0 Å². The molecule has 0 aromatic carbocycles. The highest BCUT2D eigenvalue weighted by Gasteiger charge is 2.45. The van der Waals surface area contributed by atoms with E-state index in [1.807, 2.05) is 0 Å². The molecule has 0 radical (unpaired) electrons. The average Bonchev–Trinajstić information content (AvgIpc) is 2.26. The van der Waals surface area contributed by atoms with Crippen LogP contribution in [0.15, 0.2) is 0 Å². The Labute approximate surface area is 101 Å². The van der Waals surface area contributed by atoms with Gasteiger partial charge in [-0.15, -0.1) is 0 Å². The van der Waals surface area contributed by atoms with Gasteiger partial charge in [-0.3, -0.25) is 0 Å². The van der Waals surface area contributed by atoms with Gasteiger partial charge in [-0.2, -0.15) is 0 Å². The number of aliphatic hydroxyl groups excluding tert-OH is 1. The highest BCUT2D eigenvalue weighted by atomic mass is 16.3. The first-order valence-electron chi connectivity index (χ1n) is 7.17. The second-order valence-corrected chi connectivity index (χ2v) is 6.87. The summed E-state index contributed by atoms with van der Waals surface area (Å²) in [6.45, 7) is 7.63. The average molecular weight is 224 g/mol. The molecular formula is C15H28O. The first kappa shape index (κ1) is 12.4. The molecule has 2 fully saturated rings. The Morgan fingerprint density at radius 3 is 2.62 bits per heavy atom. The fraction of sp³-hybridized carbons (Fsp3) is 1.00. The van der Waals surface area contributed by atoms with Gasteiger partial charge < -0.3 is 5.11 Å². The van der Waals surface area contributed by atoms with Crippen molar-refractivity contribution in [3.05, 3.63) is 0 Å². The summed E-state index contributed by atoms with van der Waals surface area (Å²) in [4.78, 5) is 0. The first-order valence-corrected chi connectivity index (χ1v) is 7.17. The van der Waals surface area contributed by atoms with Crippen molar-refractivity contribution < 1.29 is 5.11 Å². The lowest BCUT2D eigenvalue weighted by atomic mass is 9.54. The van der Waals surface area contributed by atoms with E-state index in [0.717, 1.165) is 17.8 Å². The van der Waals surface area contributed by atoms with Crippen LogP contribution in [0.5, 0.6) is 0 Å². The Morgan fingerprint density at radius 2 is 2.00 bits per heavy atom. The SMILES string of the molecule is CC(C)[C@@H]1CC[C@@]2(C)CCC[C@@H](CO)[C@@H]2C1. The summed E-state index contributed by atoms with van der Waals surface area (Å²) in [7, 11) is 0. The number of hydrogen-bond acceptors (Lipinski definition) is 1. The van der Waals surface area contributed by atoms with Gasteiger partial charge in [0.05, 0.1) is 0 Å². The minimum absolute atomic E-state index is 0.422. The Hall–Kier alpha value is -0.0400. The summed E-state index contributed by atoms with van der Waals surface area (Å²) >= 11 is 0. The lowest BCUT2D eigenvalue weighted by molar-refractivity contribution is -0.0334. The Balaban J connectivity index is 2.11. The molecule has 0 heterocycles. The van der Waals surface area contributed by atoms with Gasteiger partial charge in [0.25, 0.3) is 0 Å². The van der Waals surface area contributed by atoms with Gasteiger partial charge >= 0.3 is 0 Å². The number of hydrogen-bond donors (Lipinski definition) is 1. The second kappa shape index (κ2) is 4.68. The van der Waals surface area contributed by atoms with Crippen LogP contribution in [0.1, 0.15) is 59.3 Å². The van der Waals surface area contributed by atoms with E-state index in [1.165, 1.54) is 38.5 Å². The molecule has 2 aliphatic rings. The third kappa shape index (κ3) is 2.16. The van der Waals surface area contributed by atoms with Gasteiger partial charge in [0.15, 0.2) is 0 Å². The zero-order valence-electron chi connectivity index (χ0n) is 11.2. The van der Waals surface area contributed by atoms with E-state index in [-0.39, 0.29) is 0 Å². The van der Waals surface area contributed by atoms with Crippen LogP contribution < -0.4 is 0 Å². The van der Waals surface area contributed by atoms with Crippen molar-refractivity contribution in [3.8, 4) is 0 Å². The van der Waals surface area contributed by atoms with Crippen molar-refractivity contribution in [3.63, 3.8) is 0 Å². The Bertz CT molecular complexity index is 236. The third-order valence-corrected chi connectivity index (χ3v) is 5.61. The summed E-state index contributed by atoms with van der Waals surface area (Å²) in [5.74, 6) is 3.13. The topological polar surface area (TPSA) is 20.2 Å². The minimum atomic E-state index is 0.422. The van der Waals surface area contributed by atoms with Crippen LogP contribution in [-0.4, -0.2) is 11.7 Å². The van der Waals surface area contributed by atoms with Crippen LogP contribution in [0.2, 0.25) is 0 Å². The van der Waals surface area contributed by atoms with E-state index < -0.39 is 0 Å². The molecule has 1 nitrogen and oxygen atoms in total. The van der Waals surface area contributed by atoms with Crippen LogP contribution in [-0.2, 0) is 0 Å². The van der Waals surface area contributed by atoms with Crippen LogP contribution in [0.25, 0.3) is 0 Å². The Kier molecular flexibility index (Phi) is 3.63. The van der Waals surface area contributed by atoms with E-state index in [9.17, 15) is 5.11 Å². The standard InChI is InChI=1S/C15H28O/c1-11(2)12-6-8-15(3)7-4-5-13(10-16)14(15)9-12/h11-14,16H,4-10H2,1-3H3/t12-,13+,14+,15-/m1/s1. The molecule has 0 bridgehead atoms. The lowest BCUT2D eigenvalue weighted by Gasteiger charge is -2.51. The fourth-order valence-corrected chi connectivity index (χ4v) is 4.29. The van der Waals surface area contributed by atoms with Crippen LogP contribution in [0.3, 0.4) is 0 Å². The molecule has 2 rings (SSSR count).